The fourth-order valence-corrected chi connectivity index (χ4v) is 7.73. The molecule has 1 nitrogen and oxygen atoms in total. The van der Waals surface area contributed by atoms with Crippen molar-refractivity contribution in [2.24, 2.45) is 0 Å². The lowest BCUT2D eigenvalue weighted by molar-refractivity contribution is 0.664. The smallest absolute Gasteiger partial charge is 0.0594 e. The molecule has 1 aliphatic rings. The van der Waals surface area contributed by atoms with Gasteiger partial charge in [-0.1, -0.05) is 135 Å². The summed E-state index contributed by atoms with van der Waals surface area (Å²) in [6.07, 6.45) is 0. The number of rotatable bonds is 2. The van der Waals surface area contributed by atoms with Gasteiger partial charge in [-0.25, -0.2) is 0 Å². The molecule has 7 aromatic carbocycles. The highest BCUT2D eigenvalue weighted by Crippen LogP contribution is 2.56. The van der Waals surface area contributed by atoms with Gasteiger partial charge in [-0.3, -0.25) is 0 Å². The Labute approximate surface area is 245 Å². The molecule has 1 heteroatoms. The van der Waals surface area contributed by atoms with Crippen LogP contribution in [0.5, 0.6) is 0 Å². The molecule has 0 atom stereocenters. The van der Waals surface area contributed by atoms with Crippen LogP contribution in [0.2, 0.25) is 0 Å². The molecule has 8 aromatic rings. The molecule has 1 aliphatic carbocycles. The quantitative estimate of drug-likeness (QED) is 0.207. The highest BCUT2D eigenvalue weighted by atomic mass is 15.0. The third-order valence-corrected chi connectivity index (χ3v) is 9.55. The molecule has 0 saturated heterocycles. The molecule has 0 bridgehead atoms. The number of hydrogen-bond donors (Lipinski definition) is 0. The van der Waals surface area contributed by atoms with E-state index in [1.165, 1.54) is 82.4 Å². The first-order chi connectivity index (χ1) is 20.6. The van der Waals surface area contributed by atoms with Gasteiger partial charge in [-0.2, -0.15) is 0 Å². The number of aromatic nitrogens is 1. The summed E-state index contributed by atoms with van der Waals surface area (Å²) >= 11 is 0. The fraction of sp³-hybridized carbons (Fsp3) is 0.0732. The lowest BCUT2D eigenvalue weighted by Crippen LogP contribution is -2.16. The minimum Gasteiger partial charge on any atom is -0.309 e. The second-order valence-electron chi connectivity index (χ2n) is 12.1. The number of fused-ring (bicyclic) bond motifs is 11. The largest absolute Gasteiger partial charge is 0.309 e. The van der Waals surface area contributed by atoms with E-state index >= 15 is 0 Å². The van der Waals surface area contributed by atoms with Gasteiger partial charge in [-0.15, -0.1) is 0 Å². The van der Waals surface area contributed by atoms with E-state index in [0.717, 1.165) is 0 Å². The van der Waals surface area contributed by atoms with Crippen molar-refractivity contribution in [2.45, 2.75) is 19.3 Å². The maximum atomic E-state index is 2.52. The summed E-state index contributed by atoms with van der Waals surface area (Å²) in [4.78, 5) is 0. The molecule has 0 fully saturated rings. The Balaban J connectivity index is 1.39. The third kappa shape index (κ3) is 3.03. The van der Waals surface area contributed by atoms with Gasteiger partial charge < -0.3 is 4.57 Å². The Morgan fingerprint density at radius 3 is 1.95 bits per heavy atom. The van der Waals surface area contributed by atoms with Crippen LogP contribution in [0.15, 0.2) is 140 Å². The first kappa shape index (κ1) is 23.6. The van der Waals surface area contributed by atoms with Crippen LogP contribution in [-0.2, 0) is 5.41 Å². The fourth-order valence-electron chi connectivity index (χ4n) is 7.73. The van der Waals surface area contributed by atoms with Crippen molar-refractivity contribution in [1.82, 2.24) is 4.57 Å². The van der Waals surface area contributed by atoms with E-state index in [-0.39, 0.29) is 5.41 Å². The van der Waals surface area contributed by atoms with Gasteiger partial charge in [0.1, 0.15) is 0 Å². The molecule has 1 aromatic heterocycles. The van der Waals surface area contributed by atoms with Gasteiger partial charge in [0.15, 0.2) is 0 Å². The van der Waals surface area contributed by atoms with Crippen LogP contribution in [0.3, 0.4) is 0 Å². The van der Waals surface area contributed by atoms with Crippen molar-refractivity contribution < 1.29 is 0 Å². The molecule has 0 radical (unpaired) electrons. The summed E-state index contributed by atoms with van der Waals surface area (Å²) in [6, 6.07) is 51.4. The SMILES string of the molecule is CC1(C)c2ccccc2-c2c1c1c(c3ccccc23)c2ccccc2n1-c1ccc(-c2cccc3ccccc23)cc1. The van der Waals surface area contributed by atoms with Gasteiger partial charge in [-0.05, 0) is 73.1 Å². The Morgan fingerprint density at radius 2 is 1.12 bits per heavy atom. The molecule has 9 rings (SSSR count). The zero-order valence-corrected chi connectivity index (χ0v) is 23.7. The average Bonchev–Trinajstić information content (AvgIpc) is 3.50. The number of nitrogens with zero attached hydrogens (tertiary/aromatic N) is 1. The van der Waals surface area contributed by atoms with Crippen molar-refractivity contribution in [3.05, 3.63) is 151 Å². The van der Waals surface area contributed by atoms with E-state index in [1.807, 2.05) is 0 Å². The molecule has 1 heterocycles. The van der Waals surface area contributed by atoms with Crippen molar-refractivity contribution in [3.8, 4) is 27.9 Å². The molecule has 0 unspecified atom stereocenters. The predicted molar refractivity (Wildman–Crippen MR) is 179 cm³/mol. The summed E-state index contributed by atoms with van der Waals surface area (Å²) in [5.74, 6) is 0. The molecule has 0 aliphatic heterocycles. The third-order valence-electron chi connectivity index (χ3n) is 9.55. The molecule has 0 saturated carbocycles. The average molecular weight is 536 g/mol. The summed E-state index contributed by atoms with van der Waals surface area (Å²) in [7, 11) is 0. The predicted octanol–water partition coefficient (Wildman–Crippen LogP) is 11.1. The minimum atomic E-state index is -0.136. The van der Waals surface area contributed by atoms with Crippen molar-refractivity contribution in [3.63, 3.8) is 0 Å². The lowest BCUT2D eigenvalue weighted by atomic mass is 9.80. The van der Waals surface area contributed by atoms with E-state index in [1.54, 1.807) is 0 Å². The van der Waals surface area contributed by atoms with Gasteiger partial charge in [0.2, 0.25) is 0 Å². The first-order valence-corrected chi connectivity index (χ1v) is 14.8. The standard InChI is InChI=1S/C41H29N/c1-41(2)35-20-9-7-17-33(35)37-31-15-5-6-16-32(31)38-34-18-8-10-21-36(34)42(40(38)39(37)41)28-24-22-27(23-25-28)30-19-11-13-26-12-3-4-14-29(26)30/h3-25H,1-2H3. The number of para-hydroxylation sites is 1. The minimum absolute atomic E-state index is 0.136. The summed E-state index contributed by atoms with van der Waals surface area (Å²) in [6.45, 7) is 4.80. The molecule has 42 heavy (non-hydrogen) atoms. The van der Waals surface area contributed by atoms with E-state index in [2.05, 4.69) is 158 Å². The summed E-state index contributed by atoms with van der Waals surface area (Å²) < 4.78 is 2.52. The zero-order valence-electron chi connectivity index (χ0n) is 23.7. The normalized spacial score (nSPS) is 13.7. The maximum absolute atomic E-state index is 2.52. The number of benzene rings is 7. The molecule has 0 N–H and O–H groups in total. The van der Waals surface area contributed by atoms with Crippen molar-refractivity contribution in [2.75, 3.05) is 0 Å². The van der Waals surface area contributed by atoms with E-state index in [0.29, 0.717) is 0 Å². The molecule has 198 valence electrons. The second kappa shape index (κ2) is 8.44. The van der Waals surface area contributed by atoms with Crippen LogP contribution < -0.4 is 0 Å². The van der Waals surface area contributed by atoms with E-state index in [9.17, 15) is 0 Å². The topological polar surface area (TPSA) is 4.93 Å². The Morgan fingerprint density at radius 1 is 0.500 bits per heavy atom. The van der Waals surface area contributed by atoms with Crippen LogP contribution in [0.1, 0.15) is 25.0 Å². The summed E-state index contributed by atoms with van der Waals surface area (Å²) in [5, 5.41) is 7.86. The highest BCUT2D eigenvalue weighted by Gasteiger charge is 2.40. The highest BCUT2D eigenvalue weighted by molar-refractivity contribution is 6.27. The van der Waals surface area contributed by atoms with E-state index in [4.69, 9.17) is 0 Å². The van der Waals surface area contributed by atoms with Crippen LogP contribution in [0.25, 0.3) is 71.3 Å². The van der Waals surface area contributed by atoms with E-state index < -0.39 is 0 Å². The van der Waals surface area contributed by atoms with Crippen LogP contribution in [0, 0.1) is 0 Å². The monoisotopic (exact) mass is 535 g/mol. The number of hydrogen-bond acceptors (Lipinski definition) is 0. The molecular weight excluding hydrogens is 506 g/mol. The van der Waals surface area contributed by atoms with Gasteiger partial charge >= 0.3 is 0 Å². The Hall–Kier alpha value is -5.14. The van der Waals surface area contributed by atoms with Crippen LogP contribution in [-0.4, -0.2) is 4.57 Å². The Kier molecular flexibility index (Phi) is 4.73. The zero-order chi connectivity index (χ0) is 28.0. The van der Waals surface area contributed by atoms with Gasteiger partial charge in [0.05, 0.1) is 11.0 Å². The van der Waals surface area contributed by atoms with Crippen LogP contribution >= 0.6 is 0 Å². The van der Waals surface area contributed by atoms with Gasteiger partial charge in [0.25, 0.3) is 0 Å². The molecule has 0 amide bonds. The first-order valence-electron chi connectivity index (χ1n) is 14.8. The Bertz CT molecular complexity index is 2360. The molecule has 0 spiro atoms. The summed E-state index contributed by atoms with van der Waals surface area (Å²) in [5.41, 5.74) is 11.7. The van der Waals surface area contributed by atoms with Crippen molar-refractivity contribution in [1.29, 1.82) is 0 Å². The second-order valence-corrected chi connectivity index (χ2v) is 12.1. The van der Waals surface area contributed by atoms with Gasteiger partial charge in [0, 0.05) is 21.9 Å². The maximum Gasteiger partial charge on any atom is 0.0594 e. The molecular formula is C41H29N. The lowest BCUT2D eigenvalue weighted by Gasteiger charge is -2.24. The van der Waals surface area contributed by atoms with Crippen LogP contribution in [0.4, 0.5) is 0 Å². The van der Waals surface area contributed by atoms with Crippen molar-refractivity contribution >= 4 is 43.4 Å².